The quantitative estimate of drug-likeness (QED) is 0.829. The third-order valence-electron chi connectivity index (χ3n) is 4.19. The van der Waals surface area contributed by atoms with Crippen molar-refractivity contribution in [3.8, 4) is 0 Å². The molecule has 0 bridgehead atoms. The predicted molar refractivity (Wildman–Crippen MR) is 90.3 cm³/mol. The molecule has 0 spiro atoms. The monoisotopic (exact) mass is 372 g/mol. The summed E-state index contributed by atoms with van der Waals surface area (Å²) in [7, 11) is 0. The molecule has 1 aromatic rings. The molecule has 1 amide bonds. The fourth-order valence-electron chi connectivity index (χ4n) is 2.65. The summed E-state index contributed by atoms with van der Waals surface area (Å²) in [6.45, 7) is 0.709. The van der Waals surface area contributed by atoms with E-state index in [9.17, 15) is 4.79 Å². The smallest absolute Gasteiger partial charge is 0.224 e. The molecule has 2 aliphatic carbocycles. The molecule has 3 rings (SSSR count). The highest BCUT2D eigenvalue weighted by Crippen LogP contribution is 2.34. The van der Waals surface area contributed by atoms with Gasteiger partial charge in [-0.3, -0.25) is 4.79 Å². The maximum atomic E-state index is 12.5. The van der Waals surface area contributed by atoms with Crippen molar-refractivity contribution >= 4 is 34.2 Å². The zero-order chi connectivity index (χ0) is 14.1. The molecule has 3 nitrogen and oxygen atoms in total. The number of hydrogen-bond donors (Lipinski definition) is 1. The lowest BCUT2D eigenvalue weighted by atomic mass is 10.1. The van der Waals surface area contributed by atoms with Crippen molar-refractivity contribution in [2.75, 3.05) is 0 Å². The van der Waals surface area contributed by atoms with Crippen LogP contribution in [0.25, 0.3) is 0 Å². The van der Waals surface area contributed by atoms with Crippen molar-refractivity contribution in [1.29, 1.82) is 0 Å². The van der Waals surface area contributed by atoms with E-state index in [4.69, 9.17) is 5.73 Å². The zero-order valence-electron chi connectivity index (χ0n) is 12.0. The van der Waals surface area contributed by atoms with E-state index in [1.165, 1.54) is 18.4 Å². The van der Waals surface area contributed by atoms with Gasteiger partial charge in [0.05, 0.1) is 0 Å². The average molecular weight is 374 g/mol. The summed E-state index contributed by atoms with van der Waals surface area (Å²) in [4.78, 5) is 14.5. The van der Waals surface area contributed by atoms with Crippen LogP contribution in [0.4, 0.5) is 0 Å². The number of carbonyl (C=O) groups excluding carboxylic acids is 1. The zero-order valence-corrected chi connectivity index (χ0v) is 14.4. The van der Waals surface area contributed by atoms with Gasteiger partial charge in [0.25, 0.3) is 0 Å². The average Bonchev–Trinajstić information content (AvgIpc) is 3.29. The number of nitrogens with two attached hydrogens (primary N) is 1. The molecule has 0 aliphatic heterocycles. The number of benzene rings is 1. The molecule has 1 atom stereocenters. The molecular weight excluding hydrogens is 352 g/mol. The largest absolute Gasteiger partial charge is 0.335 e. The molecule has 1 unspecified atom stereocenters. The molecule has 0 heterocycles. The van der Waals surface area contributed by atoms with Gasteiger partial charge < -0.3 is 10.6 Å². The molecule has 0 radical (unpaired) electrons. The first kappa shape index (κ1) is 16.8. The van der Waals surface area contributed by atoms with Crippen molar-refractivity contribution in [3.05, 3.63) is 34.3 Å². The van der Waals surface area contributed by atoms with Crippen LogP contribution < -0.4 is 5.73 Å². The third kappa shape index (κ3) is 4.70. The lowest BCUT2D eigenvalue weighted by Crippen LogP contribution is -2.37. The molecule has 0 saturated heterocycles. The lowest BCUT2D eigenvalue weighted by Gasteiger charge is -2.24. The minimum atomic E-state index is 0. The van der Waals surface area contributed by atoms with Crippen LogP contribution in [0.3, 0.4) is 0 Å². The van der Waals surface area contributed by atoms with Crippen molar-refractivity contribution in [2.45, 2.75) is 50.7 Å². The van der Waals surface area contributed by atoms with Gasteiger partial charge in [-0.25, -0.2) is 0 Å². The highest BCUT2D eigenvalue weighted by atomic mass is 79.9. The Morgan fingerprint density at radius 3 is 2.62 bits per heavy atom. The Bertz CT molecular complexity index is 503. The Hall–Kier alpha value is -0.580. The Morgan fingerprint density at radius 1 is 1.33 bits per heavy atom. The second kappa shape index (κ2) is 7.12. The van der Waals surface area contributed by atoms with Gasteiger partial charge in [0.15, 0.2) is 0 Å². The van der Waals surface area contributed by atoms with E-state index in [1.807, 2.05) is 17.0 Å². The Morgan fingerprint density at radius 2 is 2.05 bits per heavy atom. The standard InChI is InChI=1S/C16H21BrN2O.ClH/c17-13-3-1-2-11(8-13)10-19(14-6-7-14)16(20)9-15(18)12-4-5-12;/h1-3,8,12,14-15H,4-7,9-10,18H2;1H. The Labute approximate surface area is 140 Å². The van der Waals surface area contributed by atoms with Crippen molar-refractivity contribution in [1.82, 2.24) is 4.90 Å². The summed E-state index contributed by atoms with van der Waals surface area (Å²) in [6, 6.07) is 8.69. The maximum absolute atomic E-state index is 12.5. The van der Waals surface area contributed by atoms with Gasteiger partial charge in [0.2, 0.25) is 5.91 Å². The van der Waals surface area contributed by atoms with Crippen LogP contribution in [0.2, 0.25) is 0 Å². The van der Waals surface area contributed by atoms with Gasteiger partial charge in [-0.2, -0.15) is 0 Å². The summed E-state index contributed by atoms with van der Waals surface area (Å²) < 4.78 is 1.06. The molecule has 5 heteroatoms. The summed E-state index contributed by atoms with van der Waals surface area (Å²) in [5.41, 5.74) is 7.28. The van der Waals surface area contributed by atoms with E-state index >= 15 is 0 Å². The summed E-state index contributed by atoms with van der Waals surface area (Å²) in [5, 5.41) is 0. The Kier molecular flexibility index (Phi) is 5.69. The van der Waals surface area contributed by atoms with E-state index in [0.717, 1.165) is 17.3 Å². The first-order chi connectivity index (χ1) is 9.63. The molecule has 2 N–H and O–H groups in total. The van der Waals surface area contributed by atoms with Crippen molar-refractivity contribution in [2.24, 2.45) is 11.7 Å². The normalized spacial score (nSPS) is 18.8. The molecule has 1 aromatic carbocycles. The molecule has 2 fully saturated rings. The number of rotatable bonds is 6. The van der Waals surface area contributed by atoms with Gasteiger partial charge in [0.1, 0.15) is 0 Å². The second-order valence-corrected chi connectivity index (χ2v) is 7.00. The molecule has 2 saturated carbocycles. The minimum Gasteiger partial charge on any atom is -0.335 e. The maximum Gasteiger partial charge on any atom is 0.224 e. The van der Waals surface area contributed by atoms with Gasteiger partial charge in [-0.15, -0.1) is 12.4 Å². The summed E-state index contributed by atoms with van der Waals surface area (Å²) >= 11 is 3.49. The fraction of sp³-hybridized carbons (Fsp3) is 0.562. The minimum absolute atomic E-state index is 0. The molecule has 2 aliphatic rings. The topological polar surface area (TPSA) is 46.3 Å². The second-order valence-electron chi connectivity index (χ2n) is 6.09. The van der Waals surface area contributed by atoms with Crippen LogP contribution in [0.15, 0.2) is 28.7 Å². The van der Waals surface area contributed by atoms with Gasteiger partial charge in [-0.1, -0.05) is 28.1 Å². The van der Waals surface area contributed by atoms with Crippen LogP contribution in [0.1, 0.15) is 37.7 Å². The van der Waals surface area contributed by atoms with Crippen LogP contribution in [-0.2, 0) is 11.3 Å². The third-order valence-corrected chi connectivity index (χ3v) is 4.68. The van der Waals surface area contributed by atoms with Crippen LogP contribution >= 0.6 is 28.3 Å². The van der Waals surface area contributed by atoms with E-state index in [0.29, 0.717) is 24.9 Å². The SMILES string of the molecule is Cl.NC(CC(=O)N(Cc1cccc(Br)c1)C1CC1)C1CC1. The van der Waals surface area contributed by atoms with Crippen molar-refractivity contribution in [3.63, 3.8) is 0 Å². The van der Waals surface area contributed by atoms with E-state index in [2.05, 4.69) is 28.1 Å². The highest BCUT2D eigenvalue weighted by Gasteiger charge is 2.35. The summed E-state index contributed by atoms with van der Waals surface area (Å²) in [6.07, 6.45) is 5.18. The lowest BCUT2D eigenvalue weighted by molar-refractivity contribution is -0.132. The number of carbonyl (C=O) groups is 1. The number of nitrogens with zero attached hydrogens (tertiary/aromatic N) is 1. The van der Waals surface area contributed by atoms with Crippen LogP contribution in [0.5, 0.6) is 0 Å². The molecular formula is C16H22BrClN2O. The van der Waals surface area contributed by atoms with Crippen LogP contribution in [-0.4, -0.2) is 22.9 Å². The molecule has 116 valence electrons. The predicted octanol–water partition coefficient (Wildman–Crippen LogP) is 3.49. The van der Waals surface area contributed by atoms with Crippen molar-refractivity contribution < 1.29 is 4.79 Å². The van der Waals surface area contributed by atoms with Gasteiger partial charge >= 0.3 is 0 Å². The molecule has 21 heavy (non-hydrogen) atoms. The number of amides is 1. The molecule has 0 aromatic heterocycles. The van der Waals surface area contributed by atoms with E-state index in [1.54, 1.807) is 0 Å². The summed E-state index contributed by atoms with van der Waals surface area (Å²) in [5.74, 6) is 0.817. The highest BCUT2D eigenvalue weighted by molar-refractivity contribution is 9.10. The van der Waals surface area contributed by atoms with Gasteiger partial charge in [0, 0.05) is 29.5 Å². The number of halogens is 2. The van der Waals surface area contributed by atoms with Gasteiger partial charge in [-0.05, 0) is 49.3 Å². The van der Waals surface area contributed by atoms with E-state index < -0.39 is 0 Å². The number of hydrogen-bond acceptors (Lipinski definition) is 2. The van der Waals surface area contributed by atoms with E-state index in [-0.39, 0.29) is 24.4 Å². The fourth-order valence-corrected chi connectivity index (χ4v) is 3.10. The first-order valence-corrected chi connectivity index (χ1v) is 8.22. The van der Waals surface area contributed by atoms with Crippen LogP contribution in [0, 0.1) is 5.92 Å². The first-order valence-electron chi connectivity index (χ1n) is 7.43. The Balaban J connectivity index is 0.00000161.